The van der Waals surface area contributed by atoms with Gasteiger partial charge in [-0.3, -0.25) is 9.13 Å². The zero-order valence-corrected chi connectivity index (χ0v) is 20.0. The van der Waals surface area contributed by atoms with E-state index in [1.54, 1.807) is 5.09 Å². The predicted octanol–water partition coefficient (Wildman–Crippen LogP) is -2.76. The number of aliphatic carboxylic acids is 1. The maximum atomic E-state index is 12.0. The number of ether oxygens (including phenoxy) is 2. The molecule has 1 aliphatic heterocycles. The molecule has 1 saturated heterocycles. The average molecular weight is 586 g/mol. The van der Waals surface area contributed by atoms with Crippen LogP contribution in [-0.4, -0.2) is 73.3 Å². The van der Waals surface area contributed by atoms with Gasteiger partial charge >= 0.3 is 0 Å². The molecule has 1 unspecified atom stereocenters. The Bertz CT molecular complexity index is 1080. The van der Waals surface area contributed by atoms with Gasteiger partial charge in [0.1, 0.15) is 17.8 Å². The van der Waals surface area contributed by atoms with E-state index in [0.29, 0.717) is 0 Å². The predicted molar refractivity (Wildman–Crippen MR) is 111 cm³/mol. The summed E-state index contributed by atoms with van der Waals surface area (Å²) in [5.41, 5.74) is 4.16. The zero-order valence-electron chi connectivity index (χ0n) is 17.0. The van der Waals surface area contributed by atoms with Crippen molar-refractivity contribution in [1.82, 2.24) is 24.6 Å². The van der Waals surface area contributed by atoms with Crippen molar-refractivity contribution in [3.05, 3.63) is 3.83 Å². The molecule has 0 aromatic carbocycles. The summed E-state index contributed by atoms with van der Waals surface area (Å²) in [5, 5.41) is 34.0. The Morgan fingerprint density at radius 1 is 1.50 bits per heavy atom. The van der Waals surface area contributed by atoms with Crippen LogP contribution < -0.4 is 25.6 Å². The quantitative estimate of drug-likeness (QED) is 0.140. The summed E-state index contributed by atoms with van der Waals surface area (Å²) in [4.78, 5) is 35.0. The SMILES string of the molecule is COc1nc(N)nc2c1nc(I)n2[C@@H]1O[C@H](COP(=O)([O-])N[C@@H](C)C(=O)[O-])[C@@H](O)[C@@]1(C)O. The van der Waals surface area contributed by atoms with Crippen LogP contribution in [0.15, 0.2) is 0 Å². The molecular weight excluding hydrogens is 566 g/mol. The summed E-state index contributed by atoms with van der Waals surface area (Å²) in [6.07, 6.45) is -4.18. The van der Waals surface area contributed by atoms with Gasteiger partial charge in [0.25, 0.3) is 0 Å². The van der Waals surface area contributed by atoms with Crippen molar-refractivity contribution < 1.29 is 43.6 Å². The second kappa shape index (κ2) is 8.94. The number of imidazole rings is 1. The number of carbonyl (C=O) groups is 1. The highest BCUT2D eigenvalue weighted by molar-refractivity contribution is 14.1. The number of carboxylic acid groups (broad SMARTS) is 1. The minimum atomic E-state index is -4.84. The van der Waals surface area contributed by atoms with E-state index in [-0.39, 0.29) is 26.8 Å². The van der Waals surface area contributed by atoms with E-state index in [2.05, 4.69) is 15.0 Å². The molecule has 0 radical (unpaired) electrons. The second-order valence-electron chi connectivity index (χ2n) is 7.17. The molecule has 1 aliphatic rings. The number of hydrogen-bond acceptors (Lipinski definition) is 13. The largest absolute Gasteiger partial charge is 0.766 e. The highest BCUT2D eigenvalue weighted by Gasteiger charge is 2.54. The van der Waals surface area contributed by atoms with Gasteiger partial charge in [-0.1, -0.05) is 0 Å². The van der Waals surface area contributed by atoms with Gasteiger partial charge in [0, 0.05) is 22.6 Å². The summed E-state index contributed by atoms with van der Waals surface area (Å²) in [5.74, 6) is -1.70. The molecule has 15 nitrogen and oxygen atoms in total. The molecule has 178 valence electrons. The van der Waals surface area contributed by atoms with E-state index in [4.69, 9.17) is 19.7 Å². The molecular formula is C15H20IN6O9P-2. The van der Waals surface area contributed by atoms with E-state index in [1.165, 1.54) is 18.6 Å². The van der Waals surface area contributed by atoms with Gasteiger partial charge in [0.2, 0.25) is 19.6 Å². The van der Waals surface area contributed by atoms with Crippen molar-refractivity contribution >= 4 is 53.4 Å². The number of halogens is 1. The van der Waals surface area contributed by atoms with Gasteiger partial charge in [0.05, 0.1) is 25.7 Å². The number of carbonyl (C=O) groups excluding carboxylic acids is 1. The van der Waals surface area contributed by atoms with E-state index < -0.39 is 50.4 Å². The van der Waals surface area contributed by atoms with Crippen LogP contribution in [0.4, 0.5) is 5.95 Å². The van der Waals surface area contributed by atoms with Gasteiger partial charge in [-0.05, 0) is 13.8 Å². The Hall–Kier alpha value is -1.66. The molecule has 1 fully saturated rings. The fourth-order valence-electron chi connectivity index (χ4n) is 3.14. The molecule has 32 heavy (non-hydrogen) atoms. The summed E-state index contributed by atoms with van der Waals surface area (Å²) in [6.45, 7) is 1.61. The molecule has 5 N–H and O–H groups in total. The Kier molecular flexibility index (Phi) is 6.98. The van der Waals surface area contributed by atoms with Gasteiger partial charge in [-0.15, -0.1) is 0 Å². The molecule has 2 aromatic rings. The topological polar surface area (TPSA) is 230 Å². The molecule has 6 atom stereocenters. The first-order valence-corrected chi connectivity index (χ1v) is 11.7. The van der Waals surface area contributed by atoms with Crippen molar-refractivity contribution in [3.8, 4) is 5.88 Å². The molecule has 0 amide bonds. The summed E-state index contributed by atoms with van der Waals surface area (Å²) < 4.78 is 29.2. The van der Waals surface area contributed by atoms with Gasteiger partial charge in [0.15, 0.2) is 21.2 Å². The lowest BCUT2D eigenvalue weighted by molar-refractivity contribution is -0.308. The monoisotopic (exact) mass is 586 g/mol. The number of rotatable bonds is 8. The number of aliphatic hydroxyl groups is 2. The number of fused-ring (bicyclic) bond motifs is 1. The molecule has 0 spiro atoms. The van der Waals surface area contributed by atoms with E-state index in [1.807, 2.05) is 22.6 Å². The first-order valence-electron chi connectivity index (χ1n) is 9.03. The standard InChI is InChI=1S/C15H22IN6O9P/c1-5(11(24)25)21-32(27,28)30-4-6-8(23)15(2,26)12(31-6)22-9-7(18-13(22)16)10(29-3)20-14(17)19-9/h5-6,8,12,23,26H,4H2,1-3H3,(H,24,25)(H2,17,19,20)(H2,21,27,28)/p-2/t5-,6+,8+,12+,15+/m0/s1. The summed E-state index contributed by atoms with van der Waals surface area (Å²) in [7, 11) is -3.47. The fraction of sp³-hybridized carbons (Fsp3) is 0.600. The molecule has 17 heteroatoms. The second-order valence-corrected chi connectivity index (χ2v) is 9.65. The Labute approximate surface area is 194 Å². The van der Waals surface area contributed by atoms with Crippen LogP contribution in [0.3, 0.4) is 0 Å². The Balaban J connectivity index is 1.88. The van der Waals surface area contributed by atoms with Gasteiger partial charge in [-0.2, -0.15) is 9.97 Å². The minimum Gasteiger partial charge on any atom is -0.766 e. The number of nitrogens with one attached hydrogen (secondary N) is 1. The first-order chi connectivity index (χ1) is 14.8. The maximum Gasteiger partial charge on any atom is 0.247 e. The number of nitrogen functional groups attached to an aromatic ring is 1. The highest BCUT2D eigenvalue weighted by atomic mass is 127. The number of hydrogen-bond donors (Lipinski definition) is 4. The lowest BCUT2D eigenvalue weighted by Gasteiger charge is -2.29. The molecule has 3 heterocycles. The third-order valence-corrected chi connectivity index (χ3v) is 6.73. The van der Waals surface area contributed by atoms with E-state index in [0.717, 1.165) is 6.92 Å². The van der Waals surface area contributed by atoms with Crippen LogP contribution >= 0.6 is 30.3 Å². The number of aliphatic hydroxyl groups excluding tert-OH is 1. The van der Waals surface area contributed by atoms with E-state index in [9.17, 15) is 29.6 Å². The Morgan fingerprint density at radius 3 is 2.75 bits per heavy atom. The van der Waals surface area contributed by atoms with Crippen LogP contribution in [0, 0.1) is 3.83 Å². The third-order valence-electron chi connectivity index (χ3n) is 4.78. The molecule has 2 aromatic heterocycles. The molecule has 0 saturated carbocycles. The molecule has 3 rings (SSSR count). The van der Waals surface area contributed by atoms with Crippen LogP contribution in [0.2, 0.25) is 0 Å². The van der Waals surface area contributed by atoms with Crippen molar-refractivity contribution in [1.29, 1.82) is 0 Å². The smallest absolute Gasteiger partial charge is 0.247 e. The summed E-state index contributed by atoms with van der Waals surface area (Å²) >= 11 is 1.85. The van der Waals surface area contributed by atoms with Crippen LogP contribution in [0.1, 0.15) is 20.1 Å². The van der Waals surface area contributed by atoms with Gasteiger partial charge < -0.3 is 44.7 Å². The number of nitrogens with zero attached hydrogens (tertiary/aromatic N) is 4. The molecule has 0 aliphatic carbocycles. The van der Waals surface area contributed by atoms with Crippen molar-refractivity contribution in [2.24, 2.45) is 0 Å². The summed E-state index contributed by atoms with van der Waals surface area (Å²) in [6, 6.07) is -1.54. The number of carboxylic acids is 1. The normalized spacial score (nSPS) is 28.5. The lowest BCUT2D eigenvalue weighted by atomic mass is 9.96. The average Bonchev–Trinajstić information content (AvgIpc) is 3.12. The zero-order chi connectivity index (χ0) is 24.0. The fourth-order valence-corrected chi connectivity index (χ4v) is 4.86. The number of aromatic nitrogens is 4. The maximum absolute atomic E-state index is 12.0. The first kappa shape index (κ1) is 25.0. The van der Waals surface area contributed by atoms with Crippen molar-refractivity contribution in [2.75, 3.05) is 19.5 Å². The van der Waals surface area contributed by atoms with E-state index >= 15 is 0 Å². The Morgan fingerprint density at radius 2 is 2.16 bits per heavy atom. The third kappa shape index (κ3) is 4.67. The van der Waals surface area contributed by atoms with Crippen LogP contribution in [0.25, 0.3) is 11.2 Å². The van der Waals surface area contributed by atoms with Crippen LogP contribution in [0.5, 0.6) is 5.88 Å². The number of anilines is 1. The van der Waals surface area contributed by atoms with Crippen molar-refractivity contribution in [2.45, 2.75) is 43.9 Å². The minimum absolute atomic E-state index is 0.0858. The highest BCUT2D eigenvalue weighted by Crippen LogP contribution is 2.43. The van der Waals surface area contributed by atoms with Gasteiger partial charge in [-0.25, -0.2) is 10.1 Å². The number of nitrogens with two attached hydrogens (primary N) is 1. The lowest BCUT2D eigenvalue weighted by Crippen LogP contribution is -2.45. The number of methoxy groups -OCH3 is 1. The van der Waals surface area contributed by atoms with Crippen molar-refractivity contribution in [3.63, 3.8) is 0 Å². The molecule has 0 bridgehead atoms. The van der Waals surface area contributed by atoms with Crippen LogP contribution in [-0.2, 0) is 18.6 Å².